The van der Waals surface area contributed by atoms with E-state index in [1.165, 1.54) is 0 Å². The van der Waals surface area contributed by atoms with Crippen molar-refractivity contribution in [2.24, 2.45) is 0 Å². The van der Waals surface area contributed by atoms with Gasteiger partial charge < -0.3 is 10.2 Å². The number of aliphatic hydroxyl groups excluding tert-OH is 2. The predicted octanol–water partition coefficient (Wildman–Crippen LogP) is 1.47. The fourth-order valence-corrected chi connectivity index (χ4v) is 0.718. The summed E-state index contributed by atoms with van der Waals surface area (Å²) in [6, 6.07) is 0. The van der Waals surface area contributed by atoms with Gasteiger partial charge in [-0.15, -0.1) is 0 Å². The monoisotopic (exact) mass is 158 g/mol. The van der Waals surface area contributed by atoms with E-state index in [0.29, 0.717) is 0 Å². The molecule has 0 heterocycles. The van der Waals surface area contributed by atoms with Crippen LogP contribution in [0.3, 0.4) is 0 Å². The Morgan fingerprint density at radius 2 is 2.00 bits per heavy atom. The van der Waals surface area contributed by atoms with Crippen LogP contribution in [0.15, 0.2) is 12.2 Å². The van der Waals surface area contributed by atoms with Crippen molar-refractivity contribution in [3.8, 4) is 0 Å². The van der Waals surface area contributed by atoms with Gasteiger partial charge in [0.2, 0.25) is 0 Å². The fourth-order valence-electron chi connectivity index (χ4n) is 0.718. The first-order chi connectivity index (χ1) is 5.18. The minimum Gasteiger partial charge on any atom is -0.390 e. The van der Waals surface area contributed by atoms with Crippen molar-refractivity contribution in [2.75, 3.05) is 0 Å². The summed E-state index contributed by atoms with van der Waals surface area (Å²) in [4.78, 5) is 0. The number of unbranched alkanes of at least 4 members (excludes halogenated alkanes) is 2. The highest BCUT2D eigenvalue weighted by molar-refractivity contribution is 4.90. The lowest BCUT2D eigenvalue weighted by Crippen LogP contribution is -2.19. The number of aliphatic hydroxyl groups is 2. The van der Waals surface area contributed by atoms with Crippen LogP contribution in [0.5, 0.6) is 0 Å². The molecule has 0 aliphatic carbocycles. The summed E-state index contributed by atoms with van der Waals surface area (Å²) in [7, 11) is 0. The highest BCUT2D eigenvalue weighted by atomic mass is 16.3. The third kappa shape index (κ3) is 6.07. The van der Waals surface area contributed by atoms with Gasteiger partial charge in [-0.3, -0.25) is 0 Å². The molecule has 0 rings (SSSR count). The van der Waals surface area contributed by atoms with Gasteiger partial charge in [0.1, 0.15) is 0 Å². The molecule has 0 saturated heterocycles. The van der Waals surface area contributed by atoms with Crippen LogP contribution in [-0.2, 0) is 0 Å². The zero-order chi connectivity index (χ0) is 8.69. The molecular formula is C9H18O2. The lowest BCUT2D eigenvalue weighted by Gasteiger charge is -2.07. The van der Waals surface area contributed by atoms with Gasteiger partial charge >= 0.3 is 0 Å². The van der Waals surface area contributed by atoms with Gasteiger partial charge in [0.25, 0.3) is 0 Å². The largest absolute Gasteiger partial charge is 0.390 e. The first-order valence-corrected chi connectivity index (χ1v) is 4.21. The van der Waals surface area contributed by atoms with Crippen LogP contribution in [0, 0.1) is 0 Å². The molecule has 11 heavy (non-hydrogen) atoms. The number of hydrogen-bond acceptors (Lipinski definition) is 2. The number of hydrogen-bond donors (Lipinski definition) is 2. The molecule has 0 radical (unpaired) electrons. The Hall–Kier alpha value is -0.340. The summed E-state index contributed by atoms with van der Waals surface area (Å²) >= 11 is 0. The summed E-state index contributed by atoms with van der Waals surface area (Å²) in [5.74, 6) is 0. The first kappa shape index (κ1) is 10.7. The molecule has 0 aliphatic rings. The Balaban J connectivity index is 3.40. The maximum Gasteiger partial charge on any atom is 0.0977 e. The van der Waals surface area contributed by atoms with Crippen LogP contribution >= 0.6 is 0 Å². The van der Waals surface area contributed by atoms with Crippen LogP contribution < -0.4 is 0 Å². The Bertz CT molecular complexity index is 108. The van der Waals surface area contributed by atoms with Gasteiger partial charge in [0, 0.05) is 0 Å². The van der Waals surface area contributed by atoms with Crippen LogP contribution in [0.4, 0.5) is 0 Å². The number of rotatable bonds is 5. The second kappa shape index (κ2) is 6.38. The van der Waals surface area contributed by atoms with Crippen LogP contribution in [0.25, 0.3) is 0 Å². The second-order valence-corrected chi connectivity index (χ2v) is 2.80. The van der Waals surface area contributed by atoms with E-state index in [9.17, 15) is 0 Å². The molecule has 2 atom stereocenters. The average molecular weight is 158 g/mol. The van der Waals surface area contributed by atoms with Gasteiger partial charge in [0.15, 0.2) is 0 Å². The highest BCUT2D eigenvalue weighted by Crippen LogP contribution is 1.98. The van der Waals surface area contributed by atoms with Crippen molar-refractivity contribution >= 4 is 0 Å². The smallest absolute Gasteiger partial charge is 0.0977 e. The molecule has 0 saturated carbocycles. The average Bonchev–Trinajstić information content (AvgIpc) is 1.97. The highest BCUT2D eigenvalue weighted by Gasteiger charge is 2.04. The Morgan fingerprint density at radius 3 is 2.45 bits per heavy atom. The van der Waals surface area contributed by atoms with E-state index in [-0.39, 0.29) is 0 Å². The van der Waals surface area contributed by atoms with Gasteiger partial charge in [-0.25, -0.2) is 0 Å². The minimum absolute atomic E-state index is 0.659. The normalized spacial score (nSPS) is 17.1. The van der Waals surface area contributed by atoms with Crippen LogP contribution in [0.2, 0.25) is 0 Å². The van der Waals surface area contributed by atoms with E-state index < -0.39 is 12.2 Å². The van der Waals surface area contributed by atoms with Crippen molar-refractivity contribution in [3.05, 3.63) is 12.2 Å². The summed E-state index contributed by atoms with van der Waals surface area (Å²) in [5.41, 5.74) is 0. The fraction of sp³-hybridized carbons (Fsp3) is 0.778. The van der Waals surface area contributed by atoms with Gasteiger partial charge in [-0.2, -0.15) is 0 Å². The van der Waals surface area contributed by atoms with E-state index in [4.69, 9.17) is 10.2 Å². The van der Waals surface area contributed by atoms with Crippen molar-refractivity contribution in [3.63, 3.8) is 0 Å². The van der Waals surface area contributed by atoms with Gasteiger partial charge in [-0.05, 0) is 13.3 Å². The van der Waals surface area contributed by atoms with E-state index in [2.05, 4.69) is 6.92 Å². The molecule has 2 nitrogen and oxygen atoms in total. The van der Waals surface area contributed by atoms with E-state index in [0.717, 1.165) is 19.3 Å². The Kier molecular flexibility index (Phi) is 6.18. The van der Waals surface area contributed by atoms with E-state index in [1.807, 2.05) is 6.08 Å². The summed E-state index contributed by atoms with van der Waals surface area (Å²) in [5, 5.41) is 18.0. The van der Waals surface area contributed by atoms with Crippen molar-refractivity contribution in [1.29, 1.82) is 0 Å². The maximum atomic E-state index is 9.09. The lowest BCUT2D eigenvalue weighted by molar-refractivity contribution is 0.0617. The molecule has 0 aromatic rings. The zero-order valence-corrected chi connectivity index (χ0v) is 7.33. The summed E-state index contributed by atoms with van der Waals surface area (Å²) < 4.78 is 0. The topological polar surface area (TPSA) is 40.5 Å². The maximum absolute atomic E-state index is 9.09. The van der Waals surface area contributed by atoms with E-state index in [1.54, 1.807) is 13.0 Å². The summed E-state index contributed by atoms with van der Waals surface area (Å²) in [6.07, 6.45) is 5.50. The Labute approximate surface area is 68.6 Å². The molecule has 0 fully saturated rings. The van der Waals surface area contributed by atoms with Crippen molar-refractivity contribution < 1.29 is 10.2 Å². The Morgan fingerprint density at radius 1 is 1.36 bits per heavy atom. The van der Waals surface area contributed by atoms with Crippen molar-refractivity contribution in [2.45, 2.75) is 45.3 Å². The standard InChI is InChI=1S/C9H18O2/c1-3-4-5-6-7-9(11)8(2)10/h6-11H,3-5H2,1-2H3/b7-6+/t8-,9+/m0/s1. The van der Waals surface area contributed by atoms with E-state index >= 15 is 0 Å². The quantitative estimate of drug-likeness (QED) is 0.470. The molecule has 0 amide bonds. The molecule has 2 N–H and O–H groups in total. The molecule has 0 aromatic heterocycles. The molecule has 0 unspecified atom stereocenters. The molecule has 0 aliphatic heterocycles. The molecule has 0 bridgehead atoms. The molecular weight excluding hydrogens is 140 g/mol. The third-order valence-electron chi connectivity index (χ3n) is 1.55. The third-order valence-corrected chi connectivity index (χ3v) is 1.55. The lowest BCUT2D eigenvalue weighted by atomic mass is 10.2. The first-order valence-electron chi connectivity index (χ1n) is 4.21. The van der Waals surface area contributed by atoms with Gasteiger partial charge in [-0.1, -0.05) is 31.9 Å². The summed E-state index contributed by atoms with van der Waals surface area (Å²) in [6.45, 7) is 3.70. The van der Waals surface area contributed by atoms with Crippen LogP contribution in [0.1, 0.15) is 33.1 Å². The number of allylic oxidation sites excluding steroid dienone is 1. The predicted molar refractivity (Wildman–Crippen MR) is 46.4 cm³/mol. The zero-order valence-electron chi connectivity index (χ0n) is 7.33. The van der Waals surface area contributed by atoms with Crippen molar-refractivity contribution in [1.82, 2.24) is 0 Å². The molecule has 0 spiro atoms. The molecule has 66 valence electrons. The second-order valence-electron chi connectivity index (χ2n) is 2.80. The molecule has 0 aromatic carbocycles. The minimum atomic E-state index is -0.702. The van der Waals surface area contributed by atoms with Gasteiger partial charge in [0.05, 0.1) is 12.2 Å². The SMILES string of the molecule is CCCC/C=C/[C@@H](O)[C@H](C)O. The van der Waals surface area contributed by atoms with Crippen LogP contribution in [-0.4, -0.2) is 22.4 Å². The molecule has 2 heteroatoms.